The second kappa shape index (κ2) is 7.33. The Bertz CT molecular complexity index is 633. The largest absolute Gasteiger partial charge is 0.497 e. The maximum absolute atomic E-state index is 12.1. The Kier molecular flexibility index (Phi) is 4.98. The third-order valence-electron chi connectivity index (χ3n) is 4.26. The molecule has 1 aromatic carbocycles. The number of methoxy groups -OCH3 is 1. The summed E-state index contributed by atoms with van der Waals surface area (Å²) < 4.78 is 10.5. The molecule has 23 heavy (non-hydrogen) atoms. The molecule has 2 aromatic rings. The fourth-order valence-corrected chi connectivity index (χ4v) is 3.04. The molecule has 0 spiro atoms. The average Bonchev–Trinajstić information content (AvgIpc) is 3.29. The van der Waals surface area contributed by atoms with Crippen LogP contribution in [-0.2, 0) is 0 Å². The van der Waals surface area contributed by atoms with E-state index in [1.54, 1.807) is 19.2 Å². The van der Waals surface area contributed by atoms with Gasteiger partial charge >= 0.3 is 0 Å². The third kappa shape index (κ3) is 3.74. The number of benzene rings is 1. The first-order valence-corrected chi connectivity index (χ1v) is 7.97. The van der Waals surface area contributed by atoms with Gasteiger partial charge in [-0.1, -0.05) is 12.1 Å². The highest BCUT2D eigenvalue weighted by Crippen LogP contribution is 2.27. The van der Waals surface area contributed by atoms with E-state index in [2.05, 4.69) is 16.3 Å². The molecule has 0 saturated carbocycles. The summed E-state index contributed by atoms with van der Waals surface area (Å²) in [6.45, 7) is 2.66. The van der Waals surface area contributed by atoms with Gasteiger partial charge in [-0.25, -0.2) is 0 Å². The molecule has 0 radical (unpaired) electrons. The monoisotopic (exact) mass is 314 g/mol. The Labute approximate surface area is 136 Å². The molecule has 1 amide bonds. The third-order valence-corrected chi connectivity index (χ3v) is 4.26. The summed E-state index contributed by atoms with van der Waals surface area (Å²) in [5.41, 5.74) is 1.16. The smallest absolute Gasteiger partial charge is 0.287 e. The lowest BCUT2D eigenvalue weighted by molar-refractivity contribution is 0.0910. The highest BCUT2D eigenvalue weighted by Gasteiger charge is 2.24. The lowest BCUT2D eigenvalue weighted by atomic mass is 10.0. The topological polar surface area (TPSA) is 54.7 Å². The Morgan fingerprint density at radius 1 is 1.30 bits per heavy atom. The molecule has 1 aliphatic rings. The molecule has 2 heterocycles. The predicted octanol–water partition coefficient (Wildman–Crippen LogP) is 2.86. The molecule has 0 bridgehead atoms. The zero-order valence-electron chi connectivity index (χ0n) is 13.3. The number of amides is 1. The molecule has 5 nitrogen and oxygen atoms in total. The molecule has 1 aromatic heterocycles. The standard InChI is InChI=1S/C18H22N2O3/c1-22-15-7-4-6-14(12-15)16(20-9-2-3-10-20)13-19-18(21)17-8-5-11-23-17/h4-8,11-12,16H,2-3,9-10,13H2,1H3,(H,19,21)/t16-/m1/s1. The van der Waals surface area contributed by atoms with E-state index in [0.29, 0.717) is 12.3 Å². The van der Waals surface area contributed by atoms with Crippen LogP contribution in [0.25, 0.3) is 0 Å². The summed E-state index contributed by atoms with van der Waals surface area (Å²) >= 11 is 0. The van der Waals surface area contributed by atoms with Crippen LogP contribution < -0.4 is 10.1 Å². The van der Waals surface area contributed by atoms with Crippen molar-refractivity contribution in [1.29, 1.82) is 0 Å². The van der Waals surface area contributed by atoms with Gasteiger partial charge in [0.2, 0.25) is 0 Å². The molecule has 1 fully saturated rings. The summed E-state index contributed by atoms with van der Waals surface area (Å²) in [7, 11) is 1.67. The number of hydrogen-bond acceptors (Lipinski definition) is 4. The minimum Gasteiger partial charge on any atom is -0.497 e. The van der Waals surface area contributed by atoms with E-state index >= 15 is 0 Å². The highest BCUT2D eigenvalue weighted by atomic mass is 16.5. The van der Waals surface area contributed by atoms with Crippen molar-refractivity contribution in [1.82, 2.24) is 10.2 Å². The van der Waals surface area contributed by atoms with Crippen LogP contribution in [0.4, 0.5) is 0 Å². The molecule has 0 aliphatic carbocycles. The predicted molar refractivity (Wildman–Crippen MR) is 87.6 cm³/mol. The number of nitrogens with one attached hydrogen (secondary N) is 1. The van der Waals surface area contributed by atoms with Crippen LogP contribution in [0, 0.1) is 0 Å². The Hall–Kier alpha value is -2.27. The van der Waals surface area contributed by atoms with Gasteiger partial charge in [0.1, 0.15) is 5.75 Å². The van der Waals surface area contributed by atoms with Crippen LogP contribution in [-0.4, -0.2) is 37.6 Å². The van der Waals surface area contributed by atoms with Crippen molar-refractivity contribution in [2.45, 2.75) is 18.9 Å². The minimum absolute atomic E-state index is 0.145. The number of ether oxygens (including phenoxy) is 1. The first kappa shape index (κ1) is 15.6. The van der Waals surface area contributed by atoms with Crippen LogP contribution >= 0.6 is 0 Å². The lowest BCUT2D eigenvalue weighted by Crippen LogP contribution is -2.36. The van der Waals surface area contributed by atoms with E-state index in [0.717, 1.165) is 24.4 Å². The molecule has 0 unspecified atom stereocenters. The number of rotatable bonds is 6. The fraction of sp³-hybridized carbons (Fsp3) is 0.389. The van der Waals surface area contributed by atoms with Gasteiger partial charge in [-0.3, -0.25) is 9.69 Å². The number of carbonyl (C=O) groups excluding carboxylic acids is 1. The number of furan rings is 1. The fourth-order valence-electron chi connectivity index (χ4n) is 3.04. The van der Waals surface area contributed by atoms with Gasteiger partial charge in [-0.05, 0) is 55.8 Å². The Morgan fingerprint density at radius 2 is 2.13 bits per heavy atom. The first-order chi connectivity index (χ1) is 11.3. The van der Waals surface area contributed by atoms with E-state index in [1.807, 2.05) is 18.2 Å². The van der Waals surface area contributed by atoms with Crippen molar-refractivity contribution < 1.29 is 13.9 Å². The van der Waals surface area contributed by atoms with Crippen LogP contribution in [0.2, 0.25) is 0 Å². The van der Waals surface area contributed by atoms with Crippen molar-refractivity contribution in [2.75, 3.05) is 26.7 Å². The summed E-state index contributed by atoms with van der Waals surface area (Å²) in [6, 6.07) is 11.6. The molecular weight excluding hydrogens is 292 g/mol. The normalized spacial score (nSPS) is 16.2. The number of carbonyl (C=O) groups is 1. The van der Waals surface area contributed by atoms with Gasteiger partial charge in [-0.15, -0.1) is 0 Å². The van der Waals surface area contributed by atoms with Crippen LogP contribution in [0.1, 0.15) is 35.0 Å². The molecule has 5 heteroatoms. The second-order valence-corrected chi connectivity index (χ2v) is 5.72. The van der Waals surface area contributed by atoms with Crippen molar-refractivity contribution in [3.05, 3.63) is 54.0 Å². The summed E-state index contributed by atoms with van der Waals surface area (Å²) in [5, 5.41) is 2.98. The van der Waals surface area contributed by atoms with Gasteiger partial charge in [0, 0.05) is 6.54 Å². The zero-order valence-corrected chi connectivity index (χ0v) is 13.3. The zero-order chi connectivity index (χ0) is 16.1. The number of nitrogens with zero attached hydrogens (tertiary/aromatic N) is 1. The quantitative estimate of drug-likeness (QED) is 0.891. The summed E-state index contributed by atoms with van der Waals surface area (Å²) in [5.74, 6) is 1.00. The van der Waals surface area contributed by atoms with Crippen LogP contribution in [0.15, 0.2) is 47.1 Å². The molecule has 1 saturated heterocycles. The highest BCUT2D eigenvalue weighted by molar-refractivity contribution is 5.91. The average molecular weight is 314 g/mol. The summed E-state index contributed by atoms with van der Waals surface area (Å²) in [4.78, 5) is 14.5. The molecule has 122 valence electrons. The number of hydrogen-bond donors (Lipinski definition) is 1. The van der Waals surface area contributed by atoms with Crippen LogP contribution in [0.5, 0.6) is 5.75 Å². The minimum atomic E-state index is -0.179. The van der Waals surface area contributed by atoms with E-state index in [9.17, 15) is 4.79 Å². The molecule has 1 N–H and O–H groups in total. The van der Waals surface area contributed by atoms with Gasteiger partial charge in [-0.2, -0.15) is 0 Å². The van der Waals surface area contributed by atoms with E-state index in [-0.39, 0.29) is 11.9 Å². The van der Waals surface area contributed by atoms with E-state index in [4.69, 9.17) is 9.15 Å². The van der Waals surface area contributed by atoms with E-state index < -0.39 is 0 Å². The number of likely N-dealkylation sites (tertiary alicyclic amines) is 1. The van der Waals surface area contributed by atoms with Crippen LogP contribution in [0.3, 0.4) is 0 Å². The maximum Gasteiger partial charge on any atom is 0.287 e. The van der Waals surface area contributed by atoms with Gasteiger partial charge in [0.25, 0.3) is 5.91 Å². The molecule has 1 atom stereocenters. The first-order valence-electron chi connectivity index (χ1n) is 7.97. The molecular formula is C18H22N2O3. The summed E-state index contributed by atoms with van der Waals surface area (Å²) in [6.07, 6.45) is 3.91. The van der Waals surface area contributed by atoms with Crippen molar-refractivity contribution in [3.63, 3.8) is 0 Å². The Balaban J connectivity index is 1.74. The van der Waals surface area contributed by atoms with Gasteiger partial charge < -0.3 is 14.5 Å². The van der Waals surface area contributed by atoms with Gasteiger partial charge in [0.05, 0.1) is 19.4 Å². The van der Waals surface area contributed by atoms with Gasteiger partial charge in [0.15, 0.2) is 5.76 Å². The second-order valence-electron chi connectivity index (χ2n) is 5.72. The molecule has 3 rings (SSSR count). The molecule has 1 aliphatic heterocycles. The van der Waals surface area contributed by atoms with Crippen molar-refractivity contribution in [2.24, 2.45) is 0 Å². The maximum atomic E-state index is 12.1. The van der Waals surface area contributed by atoms with Crippen molar-refractivity contribution >= 4 is 5.91 Å². The SMILES string of the molecule is COc1cccc([C@@H](CNC(=O)c2ccco2)N2CCCC2)c1. The van der Waals surface area contributed by atoms with E-state index in [1.165, 1.54) is 19.1 Å². The Morgan fingerprint density at radius 3 is 2.83 bits per heavy atom. The lowest BCUT2D eigenvalue weighted by Gasteiger charge is -2.28. The van der Waals surface area contributed by atoms with Crippen molar-refractivity contribution in [3.8, 4) is 5.75 Å².